The molecule has 1 N–H and O–H groups in total. The molecule has 0 unspecified atom stereocenters. The molecule has 1 aromatic carbocycles. The predicted octanol–water partition coefficient (Wildman–Crippen LogP) is 1.65. The van der Waals surface area contributed by atoms with E-state index in [1.54, 1.807) is 19.0 Å². The summed E-state index contributed by atoms with van der Waals surface area (Å²) >= 11 is 0. The summed E-state index contributed by atoms with van der Waals surface area (Å²) in [5.74, 6) is 0.995. The highest BCUT2D eigenvalue weighted by atomic mass is 16.5. The fourth-order valence-electron chi connectivity index (χ4n) is 1.54. The maximum absolute atomic E-state index is 11.3. The zero-order valence-corrected chi connectivity index (χ0v) is 11.4. The van der Waals surface area contributed by atoms with Crippen molar-refractivity contribution in [3.8, 4) is 5.75 Å². The van der Waals surface area contributed by atoms with Crippen LogP contribution in [0.2, 0.25) is 0 Å². The third kappa shape index (κ3) is 5.19. The van der Waals surface area contributed by atoms with Crippen molar-refractivity contribution in [2.75, 3.05) is 27.7 Å². The molecule has 4 heteroatoms. The Morgan fingerprint density at radius 2 is 1.94 bits per heavy atom. The minimum atomic E-state index is 0.142. The largest absolute Gasteiger partial charge is 0.494 e. The Morgan fingerprint density at radius 3 is 2.50 bits per heavy atom. The van der Waals surface area contributed by atoms with Crippen LogP contribution in [-0.2, 0) is 11.3 Å². The zero-order chi connectivity index (χ0) is 13.4. The molecule has 0 saturated heterocycles. The summed E-state index contributed by atoms with van der Waals surface area (Å²) in [6.07, 6.45) is 1.28. The molecule has 0 fully saturated rings. The molecule has 0 aliphatic carbocycles. The van der Waals surface area contributed by atoms with Crippen LogP contribution < -0.4 is 10.1 Å². The van der Waals surface area contributed by atoms with Gasteiger partial charge in [-0.05, 0) is 31.2 Å². The van der Waals surface area contributed by atoms with Gasteiger partial charge in [0.25, 0.3) is 0 Å². The maximum atomic E-state index is 11.3. The van der Waals surface area contributed by atoms with E-state index in [0.29, 0.717) is 13.0 Å². The molecule has 1 amide bonds. The molecule has 0 radical (unpaired) electrons. The summed E-state index contributed by atoms with van der Waals surface area (Å²) in [6, 6.07) is 7.99. The van der Waals surface area contributed by atoms with Gasteiger partial charge in [0, 0.05) is 27.1 Å². The van der Waals surface area contributed by atoms with Crippen molar-refractivity contribution in [1.29, 1.82) is 0 Å². The van der Waals surface area contributed by atoms with Crippen LogP contribution in [-0.4, -0.2) is 38.6 Å². The quantitative estimate of drug-likeness (QED) is 0.748. The second kappa shape index (κ2) is 7.71. The van der Waals surface area contributed by atoms with Gasteiger partial charge in [0.1, 0.15) is 5.75 Å². The zero-order valence-electron chi connectivity index (χ0n) is 11.4. The second-order valence-electron chi connectivity index (χ2n) is 4.41. The van der Waals surface area contributed by atoms with Gasteiger partial charge in [0.15, 0.2) is 0 Å². The SMILES string of the molecule is CNCc1ccc(OCCCC(=O)N(C)C)cc1. The number of rotatable bonds is 7. The van der Waals surface area contributed by atoms with Crippen molar-refractivity contribution in [3.63, 3.8) is 0 Å². The molecule has 1 aromatic rings. The molecule has 18 heavy (non-hydrogen) atoms. The second-order valence-corrected chi connectivity index (χ2v) is 4.41. The molecule has 0 aromatic heterocycles. The summed E-state index contributed by atoms with van der Waals surface area (Å²) in [5, 5.41) is 3.10. The summed E-state index contributed by atoms with van der Waals surface area (Å²) in [4.78, 5) is 12.9. The molecule has 1 rings (SSSR count). The van der Waals surface area contributed by atoms with Gasteiger partial charge in [-0.3, -0.25) is 4.79 Å². The number of hydrogen-bond acceptors (Lipinski definition) is 3. The number of nitrogens with zero attached hydrogens (tertiary/aromatic N) is 1. The van der Waals surface area contributed by atoms with Crippen LogP contribution >= 0.6 is 0 Å². The normalized spacial score (nSPS) is 10.2. The third-order valence-corrected chi connectivity index (χ3v) is 2.61. The molecule has 0 aliphatic heterocycles. The smallest absolute Gasteiger partial charge is 0.222 e. The highest BCUT2D eigenvalue weighted by Crippen LogP contribution is 2.12. The first-order valence-electron chi connectivity index (χ1n) is 6.20. The summed E-state index contributed by atoms with van der Waals surface area (Å²) in [6.45, 7) is 1.43. The van der Waals surface area contributed by atoms with Crippen LogP contribution in [0.25, 0.3) is 0 Å². The van der Waals surface area contributed by atoms with E-state index in [-0.39, 0.29) is 5.91 Å². The van der Waals surface area contributed by atoms with E-state index in [1.807, 2.05) is 31.3 Å². The monoisotopic (exact) mass is 250 g/mol. The number of carbonyl (C=O) groups excluding carboxylic acids is 1. The summed E-state index contributed by atoms with van der Waals surface area (Å²) in [5.41, 5.74) is 1.23. The van der Waals surface area contributed by atoms with Gasteiger partial charge >= 0.3 is 0 Å². The first-order chi connectivity index (χ1) is 8.63. The van der Waals surface area contributed by atoms with Crippen molar-refractivity contribution in [3.05, 3.63) is 29.8 Å². The molecule has 0 aliphatic rings. The minimum absolute atomic E-state index is 0.142. The Morgan fingerprint density at radius 1 is 1.28 bits per heavy atom. The van der Waals surface area contributed by atoms with Crippen LogP contribution in [0.1, 0.15) is 18.4 Å². The van der Waals surface area contributed by atoms with Crippen molar-refractivity contribution < 1.29 is 9.53 Å². The Hall–Kier alpha value is -1.55. The van der Waals surface area contributed by atoms with Gasteiger partial charge in [-0.15, -0.1) is 0 Å². The number of benzene rings is 1. The lowest BCUT2D eigenvalue weighted by Crippen LogP contribution is -2.21. The number of nitrogens with one attached hydrogen (secondary N) is 1. The van der Waals surface area contributed by atoms with Crippen LogP contribution in [0.15, 0.2) is 24.3 Å². The van der Waals surface area contributed by atoms with Crippen LogP contribution in [0.5, 0.6) is 5.75 Å². The Labute approximate surface area is 109 Å². The Bertz CT molecular complexity index is 361. The van der Waals surface area contributed by atoms with E-state index in [1.165, 1.54) is 5.56 Å². The van der Waals surface area contributed by atoms with E-state index in [9.17, 15) is 4.79 Å². The maximum Gasteiger partial charge on any atom is 0.222 e. The first kappa shape index (κ1) is 14.5. The van der Waals surface area contributed by atoms with Crippen LogP contribution in [0.3, 0.4) is 0 Å². The molecular weight excluding hydrogens is 228 g/mol. The van der Waals surface area contributed by atoms with E-state index < -0.39 is 0 Å². The average molecular weight is 250 g/mol. The lowest BCUT2D eigenvalue weighted by Gasteiger charge is -2.10. The van der Waals surface area contributed by atoms with Crippen molar-refractivity contribution in [2.24, 2.45) is 0 Å². The first-order valence-corrected chi connectivity index (χ1v) is 6.20. The van der Waals surface area contributed by atoms with Crippen molar-refractivity contribution in [2.45, 2.75) is 19.4 Å². The summed E-state index contributed by atoms with van der Waals surface area (Å²) < 4.78 is 5.58. The van der Waals surface area contributed by atoms with Gasteiger partial charge in [-0.2, -0.15) is 0 Å². The Kier molecular flexibility index (Phi) is 6.22. The van der Waals surface area contributed by atoms with Gasteiger partial charge in [0.05, 0.1) is 6.61 Å². The van der Waals surface area contributed by atoms with Crippen molar-refractivity contribution >= 4 is 5.91 Å². The standard InChI is InChI=1S/C14H22N2O2/c1-15-11-12-6-8-13(9-7-12)18-10-4-5-14(17)16(2)3/h6-9,15H,4-5,10-11H2,1-3H3. The average Bonchev–Trinajstić information content (AvgIpc) is 2.36. The molecular formula is C14H22N2O2. The fourth-order valence-corrected chi connectivity index (χ4v) is 1.54. The summed E-state index contributed by atoms with van der Waals surface area (Å²) in [7, 11) is 5.46. The molecule has 0 saturated carbocycles. The van der Waals surface area contributed by atoms with Gasteiger partial charge < -0.3 is 15.0 Å². The van der Waals surface area contributed by atoms with Crippen molar-refractivity contribution in [1.82, 2.24) is 10.2 Å². The third-order valence-electron chi connectivity index (χ3n) is 2.61. The lowest BCUT2D eigenvalue weighted by atomic mass is 10.2. The van der Waals surface area contributed by atoms with Crippen LogP contribution in [0, 0.1) is 0 Å². The molecule has 0 spiro atoms. The van der Waals surface area contributed by atoms with Gasteiger partial charge in [-0.25, -0.2) is 0 Å². The van der Waals surface area contributed by atoms with Gasteiger partial charge in [0.2, 0.25) is 5.91 Å². The minimum Gasteiger partial charge on any atom is -0.494 e. The molecule has 0 atom stereocenters. The van der Waals surface area contributed by atoms with E-state index in [0.717, 1.165) is 18.7 Å². The van der Waals surface area contributed by atoms with E-state index in [4.69, 9.17) is 4.74 Å². The molecule has 0 heterocycles. The number of ether oxygens (including phenoxy) is 1. The fraction of sp³-hybridized carbons (Fsp3) is 0.500. The highest BCUT2D eigenvalue weighted by Gasteiger charge is 2.03. The Balaban J connectivity index is 2.25. The topological polar surface area (TPSA) is 41.6 Å². The predicted molar refractivity (Wildman–Crippen MR) is 72.6 cm³/mol. The number of carbonyl (C=O) groups is 1. The number of amides is 1. The molecule has 100 valence electrons. The molecule has 0 bridgehead atoms. The van der Waals surface area contributed by atoms with Crippen LogP contribution in [0.4, 0.5) is 0 Å². The van der Waals surface area contributed by atoms with E-state index in [2.05, 4.69) is 5.32 Å². The van der Waals surface area contributed by atoms with Gasteiger partial charge in [-0.1, -0.05) is 12.1 Å². The molecule has 4 nitrogen and oxygen atoms in total. The van der Waals surface area contributed by atoms with E-state index >= 15 is 0 Å². The highest BCUT2D eigenvalue weighted by molar-refractivity contribution is 5.75. The number of hydrogen-bond donors (Lipinski definition) is 1. The lowest BCUT2D eigenvalue weighted by molar-refractivity contribution is -0.128.